The summed E-state index contributed by atoms with van der Waals surface area (Å²) < 4.78 is 9.56. The second-order valence-electron chi connectivity index (χ2n) is 7.20. The molecule has 0 radical (unpaired) electrons. The minimum Gasteiger partial charge on any atom is -0.486 e. The van der Waals surface area contributed by atoms with Crippen molar-refractivity contribution in [2.75, 3.05) is 0 Å². The highest BCUT2D eigenvalue weighted by atomic mass is 35.5. The molecule has 2 heterocycles. The van der Waals surface area contributed by atoms with Crippen LogP contribution in [0.4, 0.5) is 0 Å². The molecule has 8 nitrogen and oxygen atoms in total. The Morgan fingerprint density at radius 3 is 2.61 bits per heavy atom. The quantitative estimate of drug-likeness (QED) is 0.349. The molecular weight excluding hydrogens is 461 g/mol. The second-order valence-corrected chi connectivity index (χ2v) is 8.05. The Bertz CT molecular complexity index is 1470. The molecule has 0 spiro atoms. The van der Waals surface area contributed by atoms with Crippen LogP contribution in [-0.4, -0.2) is 29.8 Å². The SMILES string of the molecule is N#Cc1ccc2nc(COc3ccc(-n4cnnn4)cc3)n(Cc3cc(Cl)ccc3Cl)c2c1. The van der Waals surface area contributed by atoms with Crippen molar-refractivity contribution in [2.45, 2.75) is 13.2 Å². The number of hydrogen-bond acceptors (Lipinski definition) is 6. The smallest absolute Gasteiger partial charge is 0.148 e. The number of nitrogens with zero attached hydrogens (tertiary/aromatic N) is 7. The first-order valence-corrected chi connectivity index (χ1v) is 10.7. The van der Waals surface area contributed by atoms with Crippen LogP contribution in [0, 0.1) is 11.3 Å². The fourth-order valence-corrected chi connectivity index (χ4v) is 3.86. The van der Waals surface area contributed by atoms with E-state index in [2.05, 4.69) is 21.6 Å². The Kier molecular flexibility index (Phi) is 5.65. The molecule has 10 heteroatoms. The Labute approximate surface area is 198 Å². The van der Waals surface area contributed by atoms with Gasteiger partial charge in [-0.15, -0.1) is 5.10 Å². The lowest BCUT2D eigenvalue weighted by Crippen LogP contribution is -2.09. The van der Waals surface area contributed by atoms with E-state index in [1.54, 1.807) is 22.9 Å². The maximum atomic E-state index is 9.35. The van der Waals surface area contributed by atoms with Gasteiger partial charge in [0.15, 0.2) is 0 Å². The van der Waals surface area contributed by atoms with Crippen LogP contribution < -0.4 is 4.74 Å². The standard InChI is InChI=1S/C23H15Cl2N7O/c24-17-2-7-20(25)16(10-17)12-31-22-9-15(11-26)1-8-21(22)28-23(31)13-33-19-5-3-18(4-6-19)32-14-27-29-30-32/h1-10,14H,12-13H2. The molecule has 5 rings (SSSR count). The van der Waals surface area contributed by atoms with Crippen molar-refractivity contribution in [3.05, 3.63) is 94.0 Å². The molecule has 162 valence electrons. The highest BCUT2D eigenvalue weighted by Crippen LogP contribution is 2.26. The first-order valence-electron chi connectivity index (χ1n) is 9.90. The minimum absolute atomic E-state index is 0.221. The van der Waals surface area contributed by atoms with E-state index in [4.69, 9.17) is 32.9 Å². The van der Waals surface area contributed by atoms with E-state index in [0.717, 1.165) is 22.3 Å². The number of halogens is 2. The Morgan fingerprint density at radius 1 is 1.00 bits per heavy atom. The van der Waals surface area contributed by atoms with Gasteiger partial charge in [-0.2, -0.15) is 5.26 Å². The van der Waals surface area contributed by atoms with Gasteiger partial charge in [0.05, 0.1) is 34.9 Å². The van der Waals surface area contributed by atoms with Gasteiger partial charge in [-0.3, -0.25) is 0 Å². The number of nitriles is 1. The second kappa shape index (κ2) is 8.90. The van der Waals surface area contributed by atoms with Crippen molar-refractivity contribution in [1.29, 1.82) is 5.26 Å². The molecule has 0 fully saturated rings. The average Bonchev–Trinajstić information content (AvgIpc) is 3.49. The number of benzene rings is 3. The number of ether oxygens (including phenoxy) is 1. The first-order chi connectivity index (χ1) is 16.1. The summed E-state index contributed by atoms with van der Waals surface area (Å²) >= 11 is 12.6. The maximum absolute atomic E-state index is 9.35. The van der Waals surface area contributed by atoms with Crippen molar-refractivity contribution in [1.82, 2.24) is 29.8 Å². The highest BCUT2D eigenvalue weighted by Gasteiger charge is 2.14. The molecule has 5 aromatic rings. The van der Waals surface area contributed by atoms with Crippen LogP contribution in [0.25, 0.3) is 16.7 Å². The van der Waals surface area contributed by atoms with Crippen LogP contribution in [-0.2, 0) is 13.2 Å². The Balaban J connectivity index is 1.46. The molecular formula is C23H15Cl2N7O. The minimum atomic E-state index is 0.221. The number of aromatic nitrogens is 6. The molecule has 0 aliphatic carbocycles. The molecule has 0 aliphatic heterocycles. The lowest BCUT2D eigenvalue weighted by atomic mass is 10.2. The van der Waals surface area contributed by atoms with Crippen molar-refractivity contribution < 1.29 is 4.74 Å². The van der Waals surface area contributed by atoms with Crippen LogP contribution in [0.3, 0.4) is 0 Å². The van der Waals surface area contributed by atoms with Crippen LogP contribution in [0.2, 0.25) is 10.0 Å². The average molecular weight is 476 g/mol. The largest absolute Gasteiger partial charge is 0.486 e. The zero-order valence-electron chi connectivity index (χ0n) is 17.1. The van der Waals surface area contributed by atoms with Gasteiger partial charge in [0.1, 0.15) is 24.5 Å². The molecule has 0 bridgehead atoms. The molecule has 2 aromatic heterocycles. The number of fused-ring (bicyclic) bond motifs is 1. The summed E-state index contributed by atoms with van der Waals surface area (Å²) in [7, 11) is 0. The van der Waals surface area contributed by atoms with Gasteiger partial charge in [0, 0.05) is 10.0 Å². The predicted octanol–water partition coefficient (Wildman–Crippen LogP) is 4.82. The van der Waals surface area contributed by atoms with E-state index in [0.29, 0.717) is 33.7 Å². The van der Waals surface area contributed by atoms with Gasteiger partial charge < -0.3 is 9.30 Å². The third kappa shape index (κ3) is 4.37. The van der Waals surface area contributed by atoms with Crippen LogP contribution >= 0.6 is 23.2 Å². The van der Waals surface area contributed by atoms with E-state index < -0.39 is 0 Å². The van der Waals surface area contributed by atoms with Gasteiger partial charge in [-0.05, 0) is 76.7 Å². The van der Waals surface area contributed by atoms with E-state index in [1.165, 1.54) is 6.33 Å². The summed E-state index contributed by atoms with van der Waals surface area (Å²) in [5, 5.41) is 21.7. The summed E-state index contributed by atoms with van der Waals surface area (Å²) in [5.74, 6) is 1.37. The van der Waals surface area contributed by atoms with E-state index in [9.17, 15) is 5.26 Å². The summed E-state index contributed by atoms with van der Waals surface area (Å²) in [6.07, 6.45) is 1.52. The molecule has 33 heavy (non-hydrogen) atoms. The summed E-state index contributed by atoms with van der Waals surface area (Å²) in [4.78, 5) is 4.73. The maximum Gasteiger partial charge on any atom is 0.148 e. The first kappa shape index (κ1) is 20.9. The van der Waals surface area contributed by atoms with Crippen molar-refractivity contribution >= 4 is 34.2 Å². The lowest BCUT2D eigenvalue weighted by molar-refractivity contribution is 0.291. The molecule has 0 aliphatic rings. The third-order valence-corrected chi connectivity index (χ3v) is 5.71. The van der Waals surface area contributed by atoms with Gasteiger partial charge in [0.25, 0.3) is 0 Å². The van der Waals surface area contributed by atoms with Gasteiger partial charge in [-0.1, -0.05) is 23.2 Å². The number of rotatable bonds is 6. The molecule has 0 saturated carbocycles. The van der Waals surface area contributed by atoms with Crippen molar-refractivity contribution in [3.63, 3.8) is 0 Å². The monoisotopic (exact) mass is 475 g/mol. The molecule has 3 aromatic carbocycles. The molecule has 0 saturated heterocycles. The highest BCUT2D eigenvalue weighted by molar-refractivity contribution is 6.33. The van der Waals surface area contributed by atoms with E-state index >= 15 is 0 Å². The zero-order chi connectivity index (χ0) is 22.8. The van der Waals surface area contributed by atoms with Gasteiger partial charge in [0.2, 0.25) is 0 Å². The molecule has 0 N–H and O–H groups in total. The predicted molar refractivity (Wildman–Crippen MR) is 123 cm³/mol. The summed E-state index contributed by atoms with van der Waals surface area (Å²) in [6.45, 7) is 0.653. The normalized spacial score (nSPS) is 10.9. The summed E-state index contributed by atoms with van der Waals surface area (Å²) in [6, 6.07) is 20.3. The molecule has 0 amide bonds. The van der Waals surface area contributed by atoms with Crippen LogP contribution in [0.15, 0.2) is 67.0 Å². The number of hydrogen-bond donors (Lipinski definition) is 0. The van der Waals surface area contributed by atoms with Crippen molar-refractivity contribution in [3.8, 4) is 17.5 Å². The van der Waals surface area contributed by atoms with Gasteiger partial charge in [-0.25, -0.2) is 9.67 Å². The third-order valence-electron chi connectivity index (χ3n) is 5.11. The number of imidazole rings is 1. The van der Waals surface area contributed by atoms with Crippen LogP contribution in [0.5, 0.6) is 5.75 Å². The fourth-order valence-electron chi connectivity index (χ4n) is 3.49. The lowest BCUT2D eigenvalue weighted by Gasteiger charge is -2.12. The number of tetrazole rings is 1. The van der Waals surface area contributed by atoms with E-state index in [1.807, 2.05) is 47.0 Å². The Hall–Kier alpha value is -3.93. The molecule has 0 unspecified atom stereocenters. The fraction of sp³-hybridized carbons (Fsp3) is 0.0870. The van der Waals surface area contributed by atoms with Crippen molar-refractivity contribution in [2.24, 2.45) is 0 Å². The topological polar surface area (TPSA) is 94.4 Å². The summed E-state index contributed by atoms with van der Waals surface area (Å²) in [5.41, 5.74) is 3.79. The van der Waals surface area contributed by atoms with E-state index in [-0.39, 0.29) is 6.61 Å². The zero-order valence-corrected chi connectivity index (χ0v) is 18.6. The van der Waals surface area contributed by atoms with Crippen LogP contribution in [0.1, 0.15) is 17.0 Å². The Morgan fingerprint density at radius 2 is 1.85 bits per heavy atom. The van der Waals surface area contributed by atoms with Gasteiger partial charge >= 0.3 is 0 Å². The molecule has 0 atom stereocenters.